The summed E-state index contributed by atoms with van der Waals surface area (Å²) >= 11 is 0. The topological polar surface area (TPSA) is 82.0 Å². The molecule has 0 saturated heterocycles. The fourth-order valence-corrected chi connectivity index (χ4v) is 1.03. The summed E-state index contributed by atoms with van der Waals surface area (Å²) in [7, 11) is 0. The fourth-order valence-electron chi connectivity index (χ4n) is 1.03. The van der Waals surface area contributed by atoms with Crippen LogP contribution in [0.2, 0.25) is 0 Å². The van der Waals surface area contributed by atoms with Gasteiger partial charge in [-0.25, -0.2) is 0 Å². The van der Waals surface area contributed by atoms with Crippen LogP contribution in [0.1, 0.15) is 21.6 Å². The molecule has 0 aliphatic heterocycles. The van der Waals surface area contributed by atoms with E-state index in [1.165, 1.54) is 0 Å². The van der Waals surface area contributed by atoms with Gasteiger partial charge in [0, 0.05) is 6.20 Å². The van der Waals surface area contributed by atoms with Gasteiger partial charge < -0.3 is 11.5 Å². The number of nitrogens with zero attached hydrogens (tertiary/aromatic N) is 1. The first-order valence-corrected chi connectivity index (χ1v) is 3.55. The maximum Gasteiger partial charge on any atom is 0.252 e. The Morgan fingerprint density at radius 3 is 2.50 bits per heavy atom. The second kappa shape index (κ2) is 2.81. The Hall–Kier alpha value is -1.58. The average molecular weight is 165 g/mol. The van der Waals surface area contributed by atoms with E-state index in [1.54, 1.807) is 20.0 Å². The number of nitrogen functional groups attached to an aromatic ring is 1. The highest BCUT2D eigenvalue weighted by molar-refractivity contribution is 5.99. The molecule has 0 spiro atoms. The molecular formula is C8H11N3O. The van der Waals surface area contributed by atoms with E-state index >= 15 is 0 Å². The van der Waals surface area contributed by atoms with Crippen LogP contribution in [-0.4, -0.2) is 10.9 Å². The lowest BCUT2D eigenvalue weighted by Gasteiger charge is -2.06. The molecule has 0 radical (unpaired) electrons. The number of carbonyl (C=O) groups is 1. The Bertz CT molecular complexity index is 333. The van der Waals surface area contributed by atoms with Crippen LogP contribution in [-0.2, 0) is 0 Å². The van der Waals surface area contributed by atoms with Gasteiger partial charge in [0.15, 0.2) is 0 Å². The highest BCUT2D eigenvalue weighted by Gasteiger charge is 2.11. The third kappa shape index (κ3) is 1.23. The van der Waals surface area contributed by atoms with Gasteiger partial charge in [-0.15, -0.1) is 0 Å². The summed E-state index contributed by atoms with van der Waals surface area (Å²) in [5, 5.41) is 0. The van der Waals surface area contributed by atoms with Crippen molar-refractivity contribution in [1.29, 1.82) is 0 Å². The third-order valence-electron chi connectivity index (χ3n) is 1.75. The summed E-state index contributed by atoms with van der Waals surface area (Å²) in [5.41, 5.74) is 12.9. The molecule has 4 N–H and O–H groups in total. The lowest BCUT2D eigenvalue weighted by Crippen LogP contribution is -2.16. The molecule has 0 aromatic carbocycles. The average Bonchev–Trinajstić information content (AvgIpc) is 1.97. The van der Waals surface area contributed by atoms with Crippen molar-refractivity contribution in [3.8, 4) is 0 Å². The van der Waals surface area contributed by atoms with Crippen LogP contribution in [0.15, 0.2) is 6.20 Å². The van der Waals surface area contributed by atoms with Crippen LogP contribution in [0.4, 0.5) is 5.69 Å². The number of carbonyl (C=O) groups excluding carboxylic acids is 1. The molecule has 0 unspecified atom stereocenters. The Balaban J connectivity index is 3.43. The monoisotopic (exact) mass is 165 g/mol. The zero-order chi connectivity index (χ0) is 9.30. The first kappa shape index (κ1) is 8.52. The number of anilines is 1. The number of hydrogen-bond donors (Lipinski definition) is 2. The largest absolute Gasteiger partial charge is 0.398 e. The lowest BCUT2D eigenvalue weighted by atomic mass is 10.1. The zero-order valence-corrected chi connectivity index (χ0v) is 7.09. The Morgan fingerprint density at radius 1 is 1.50 bits per heavy atom. The molecule has 0 fully saturated rings. The first-order chi connectivity index (χ1) is 5.54. The van der Waals surface area contributed by atoms with E-state index in [9.17, 15) is 4.79 Å². The Labute approximate surface area is 70.6 Å². The van der Waals surface area contributed by atoms with Crippen LogP contribution in [0.3, 0.4) is 0 Å². The molecule has 0 aliphatic carbocycles. The van der Waals surface area contributed by atoms with Crippen molar-refractivity contribution in [3.05, 3.63) is 23.0 Å². The van der Waals surface area contributed by atoms with E-state index in [0.717, 1.165) is 5.56 Å². The second-order valence-corrected chi connectivity index (χ2v) is 2.68. The van der Waals surface area contributed by atoms with E-state index in [0.29, 0.717) is 16.9 Å². The van der Waals surface area contributed by atoms with Crippen molar-refractivity contribution in [2.24, 2.45) is 5.73 Å². The zero-order valence-electron chi connectivity index (χ0n) is 7.09. The predicted molar refractivity (Wildman–Crippen MR) is 46.6 cm³/mol. The van der Waals surface area contributed by atoms with Crippen molar-refractivity contribution >= 4 is 11.6 Å². The molecule has 1 aromatic heterocycles. The van der Waals surface area contributed by atoms with Crippen LogP contribution in [0.25, 0.3) is 0 Å². The summed E-state index contributed by atoms with van der Waals surface area (Å²) in [6.45, 7) is 3.49. The number of amides is 1. The number of hydrogen-bond acceptors (Lipinski definition) is 3. The minimum absolute atomic E-state index is 0.329. The number of aryl methyl sites for hydroxylation is 2. The van der Waals surface area contributed by atoms with E-state index < -0.39 is 5.91 Å². The third-order valence-corrected chi connectivity index (χ3v) is 1.75. The summed E-state index contributed by atoms with van der Waals surface area (Å²) in [4.78, 5) is 14.9. The normalized spacial score (nSPS) is 9.83. The smallest absolute Gasteiger partial charge is 0.252 e. The number of primary amides is 1. The van der Waals surface area contributed by atoms with Gasteiger partial charge in [0.2, 0.25) is 0 Å². The van der Waals surface area contributed by atoms with Crippen LogP contribution in [0.5, 0.6) is 0 Å². The van der Waals surface area contributed by atoms with Crippen molar-refractivity contribution < 1.29 is 4.79 Å². The van der Waals surface area contributed by atoms with Gasteiger partial charge in [-0.3, -0.25) is 9.78 Å². The molecule has 0 bridgehead atoms. The molecule has 1 heterocycles. The molecule has 4 nitrogen and oxygen atoms in total. The summed E-state index contributed by atoms with van der Waals surface area (Å²) in [6.07, 6.45) is 1.62. The first-order valence-electron chi connectivity index (χ1n) is 3.55. The van der Waals surface area contributed by atoms with E-state index in [-0.39, 0.29) is 0 Å². The number of aromatic nitrogens is 1. The molecule has 1 aromatic rings. The molecule has 12 heavy (non-hydrogen) atoms. The molecule has 1 rings (SSSR count). The maximum absolute atomic E-state index is 10.9. The van der Waals surface area contributed by atoms with E-state index in [1.807, 2.05) is 0 Å². The van der Waals surface area contributed by atoms with Gasteiger partial charge >= 0.3 is 0 Å². The highest BCUT2D eigenvalue weighted by atomic mass is 16.1. The van der Waals surface area contributed by atoms with Gasteiger partial charge in [-0.1, -0.05) is 0 Å². The van der Waals surface area contributed by atoms with Gasteiger partial charge in [-0.2, -0.15) is 0 Å². The summed E-state index contributed by atoms with van der Waals surface area (Å²) in [5.74, 6) is -0.527. The van der Waals surface area contributed by atoms with Crippen LogP contribution in [0, 0.1) is 13.8 Å². The fraction of sp³-hybridized carbons (Fsp3) is 0.250. The van der Waals surface area contributed by atoms with Crippen molar-refractivity contribution in [1.82, 2.24) is 4.98 Å². The number of rotatable bonds is 1. The lowest BCUT2D eigenvalue weighted by molar-refractivity contribution is 0.1000. The van der Waals surface area contributed by atoms with Gasteiger partial charge in [0.05, 0.1) is 16.9 Å². The summed E-state index contributed by atoms with van der Waals surface area (Å²) < 4.78 is 0. The number of pyridine rings is 1. The van der Waals surface area contributed by atoms with Crippen LogP contribution < -0.4 is 11.5 Å². The molecule has 4 heteroatoms. The minimum atomic E-state index is -0.527. The van der Waals surface area contributed by atoms with Crippen LogP contribution >= 0.6 is 0 Å². The minimum Gasteiger partial charge on any atom is -0.398 e. The SMILES string of the molecule is Cc1cnc(C)c(C(N)=O)c1N. The standard InChI is InChI=1S/C8H11N3O/c1-4-3-11-5(2)6(7(4)9)8(10)12/h3H,1-2H3,(H2,9,11)(H2,10,12). The van der Waals surface area contributed by atoms with E-state index in [2.05, 4.69) is 4.98 Å². The summed E-state index contributed by atoms with van der Waals surface area (Å²) in [6, 6.07) is 0. The molecule has 0 atom stereocenters. The molecule has 0 saturated carbocycles. The van der Waals surface area contributed by atoms with Gasteiger partial charge in [0.25, 0.3) is 5.91 Å². The Morgan fingerprint density at radius 2 is 2.08 bits per heavy atom. The molecule has 0 aliphatic rings. The van der Waals surface area contributed by atoms with Crippen molar-refractivity contribution in [2.75, 3.05) is 5.73 Å². The van der Waals surface area contributed by atoms with Gasteiger partial charge in [-0.05, 0) is 19.4 Å². The quantitative estimate of drug-likeness (QED) is 0.631. The van der Waals surface area contributed by atoms with Crippen molar-refractivity contribution in [3.63, 3.8) is 0 Å². The highest BCUT2D eigenvalue weighted by Crippen LogP contribution is 2.17. The predicted octanol–water partition coefficient (Wildman–Crippen LogP) is 0.380. The van der Waals surface area contributed by atoms with Crippen molar-refractivity contribution in [2.45, 2.75) is 13.8 Å². The molecule has 1 amide bonds. The van der Waals surface area contributed by atoms with E-state index in [4.69, 9.17) is 11.5 Å². The molecule has 64 valence electrons. The molecular weight excluding hydrogens is 154 g/mol. The number of nitrogens with two attached hydrogens (primary N) is 2. The Kier molecular flexibility index (Phi) is 1.99. The van der Waals surface area contributed by atoms with Gasteiger partial charge in [0.1, 0.15) is 0 Å². The second-order valence-electron chi connectivity index (χ2n) is 2.68. The maximum atomic E-state index is 10.9.